The van der Waals surface area contributed by atoms with Crippen molar-refractivity contribution in [2.75, 3.05) is 25.1 Å². The number of hydrogen-bond acceptors (Lipinski definition) is 6. The van der Waals surface area contributed by atoms with Gasteiger partial charge in [0, 0.05) is 30.1 Å². The molecule has 2 amide bonds. The van der Waals surface area contributed by atoms with Crippen LogP contribution in [0, 0.1) is 12.7 Å². The molecule has 0 aromatic heterocycles. The number of aryl methyl sites for hydroxylation is 1. The van der Waals surface area contributed by atoms with Crippen molar-refractivity contribution in [3.63, 3.8) is 0 Å². The van der Waals surface area contributed by atoms with E-state index in [9.17, 15) is 18.0 Å². The second-order valence-electron chi connectivity index (χ2n) is 12.4. The molecule has 4 rings (SSSR count). The summed E-state index contributed by atoms with van der Waals surface area (Å²) in [6.07, 6.45) is 0.101. The van der Waals surface area contributed by atoms with Crippen molar-refractivity contribution in [2.24, 2.45) is 0 Å². The third-order valence-corrected chi connectivity index (χ3v) is 9.40. The van der Waals surface area contributed by atoms with Crippen LogP contribution in [0.15, 0.2) is 102 Å². The number of carbonyl (C=O) groups is 2. The topological polar surface area (TPSA) is 105 Å². The van der Waals surface area contributed by atoms with Gasteiger partial charge in [-0.1, -0.05) is 66.2 Å². The number of nitrogens with zero attached hydrogens (tertiary/aromatic N) is 2. The minimum atomic E-state index is -4.34. The Bertz CT molecular complexity index is 1830. The van der Waals surface area contributed by atoms with E-state index in [1.54, 1.807) is 24.3 Å². The number of rotatable bonds is 13. The first kappa shape index (κ1) is 35.9. The average Bonchev–Trinajstić information content (AvgIpc) is 3.05. The van der Waals surface area contributed by atoms with Gasteiger partial charge in [0.2, 0.25) is 11.8 Å². The molecular formula is C37H42FN3O6S. The minimum absolute atomic E-state index is 0.0392. The van der Waals surface area contributed by atoms with E-state index in [1.165, 1.54) is 61.6 Å². The van der Waals surface area contributed by atoms with Crippen LogP contribution >= 0.6 is 0 Å². The van der Waals surface area contributed by atoms with Crippen molar-refractivity contribution in [2.45, 2.75) is 57.1 Å². The van der Waals surface area contributed by atoms with Gasteiger partial charge in [0.1, 0.15) is 18.4 Å². The first-order chi connectivity index (χ1) is 22.7. The summed E-state index contributed by atoms with van der Waals surface area (Å²) in [5.41, 5.74) is 1.27. The van der Waals surface area contributed by atoms with E-state index < -0.39 is 45.8 Å². The lowest BCUT2D eigenvalue weighted by Crippen LogP contribution is -2.56. The van der Waals surface area contributed by atoms with Gasteiger partial charge < -0.3 is 19.7 Å². The van der Waals surface area contributed by atoms with Crippen molar-refractivity contribution in [1.82, 2.24) is 10.2 Å². The van der Waals surface area contributed by atoms with Crippen LogP contribution in [0.5, 0.6) is 11.5 Å². The number of benzene rings is 4. The number of amides is 2. The van der Waals surface area contributed by atoms with Crippen LogP contribution in [-0.4, -0.2) is 57.5 Å². The molecule has 0 aliphatic carbocycles. The second kappa shape index (κ2) is 15.3. The highest BCUT2D eigenvalue weighted by Gasteiger charge is 2.36. The highest BCUT2D eigenvalue weighted by molar-refractivity contribution is 7.92. The fraction of sp³-hybridized carbons (Fsp3) is 0.297. The lowest BCUT2D eigenvalue weighted by molar-refractivity contribution is -0.140. The standard InChI is InChI=1S/C37H42FN3O6S/c1-26-16-19-30(20-17-26)48(44,45)41(29-18-21-33(46-5)34(23-29)47-6)25-35(42)40(24-28-14-10-11-15-31(28)38)32(36(43)39-37(2,3)4)22-27-12-8-7-9-13-27/h7-21,23,32H,22,24-25H2,1-6H3,(H,39,43)/t32-/m1/s1. The smallest absolute Gasteiger partial charge is 0.264 e. The Balaban J connectivity index is 1.87. The van der Waals surface area contributed by atoms with Crippen molar-refractivity contribution < 1.29 is 31.9 Å². The molecule has 11 heteroatoms. The predicted octanol–water partition coefficient (Wildman–Crippen LogP) is 5.90. The van der Waals surface area contributed by atoms with E-state index in [0.29, 0.717) is 5.75 Å². The number of anilines is 1. The van der Waals surface area contributed by atoms with Crippen LogP contribution < -0.4 is 19.1 Å². The van der Waals surface area contributed by atoms with E-state index in [1.807, 2.05) is 58.0 Å². The van der Waals surface area contributed by atoms with Gasteiger partial charge in [-0.2, -0.15) is 0 Å². The number of carbonyl (C=O) groups excluding carboxylic acids is 2. The van der Waals surface area contributed by atoms with Gasteiger partial charge in [-0.25, -0.2) is 12.8 Å². The van der Waals surface area contributed by atoms with Crippen molar-refractivity contribution in [1.29, 1.82) is 0 Å². The van der Waals surface area contributed by atoms with Crippen molar-refractivity contribution in [3.05, 3.63) is 120 Å². The fourth-order valence-corrected chi connectivity index (χ4v) is 6.57. The first-order valence-corrected chi connectivity index (χ1v) is 16.9. The van der Waals surface area contributed by atoms with E-state index >= 15 is 4.39 Å². The molecule has 1 atom stereocenters. The monoisotopic (exact) mass is 675 g/mol. The summed E-state index contributed by atoms with van der Waals surface area (Å²) in [6.45, 7) is 6.31. The van der Waals surface area contributed by atoms with Gasteiger partial charge in [-0.15, -0.1) is 0 Å². The zero-order chi connectivity index (χ0) is 35.1. The molecule has 0 radical (unpaired) electrons. The molecule has 48 heavy (non-hydrogen) atoms. The summed E-state index contributed by atoms with van der Waals surface area (Å²) in [5.74, 6) is -1.12. The number of sulfonamides is 1. The largest absolute Gasteiger partial charge is 0.493 e. The molecule has 0 unspecified atom stereocenters. The third-order valence-electron chi connectivity index (χ3n) is 7.61. The number of methoxy groups -OCH3 is 2. The molecule has 0 fully saturated rings. The van der Waals surface area contributed by atoms with Crippen LogP contribution in [0.2, 0.25) is 0 Å². The molecule has 4 aromatic rings. The van der Waals surface area contributed by atoms with Crippen LogP contribution in [0.25, 0.3) is 0 Å². The first-order valence-electron chi connectivity index (χ1n) is 15.4. The highest BCUT2D eigenvalue weighted by atomic mass is 32.2. The Morgan fingerprint density at radius 2 is 1.48 bits per heavy atom. The van der Waals surface area contributed by atoms with E-state index in [0.717, 1.165) is 15.4 Å². The molecule has 0 aliphatic rings. The maximum atomic E-state index is 15.1. The van der Waals surface area contributed by atoms with Gasteiger partial charge >= 0.3 is 0 Å². The molecular weight excluding hydrogens is 633 g/mol. The maximum Gasteiger partial charge on any atom is 0.264 e. The Labute approximate surface area is 282 Å². The molecule has 4 aromatic carbocycles. The summed E-state index contributed by atoms with van der Waals surface area (Å²) in [4.78, 5) is 29.8. The Hall–Kier alpha value is -4.90. The SMILES string of the molecule is COc1ccc(N(CC(=O)N(Cc2ccccc2F)[C@H](Cc2ccccc2)C(=O)NC(C)(C)C)S(=O)(=O)c2ccc(C)cc2)cc1OC. The molecule has 1 N–H and O–H groups in total. The molecule has 254 valence electrons. The van der Waals surface area contributed by atoms with E-state index in [4.69, 9.17) is 9.47 Å². The quantitative estimate of drug-likeness (QED) is 0.189. The maximum absolute atomic E-state index is 15.1. The summed E-state index contributed by atoms with van der Waals surface area (Å²) in [7, 11) is -1.47. The van der Waals surface area contributed by atoms with Crippen molar-refractivity contribution in [3.8, 4) is 11.5 Å². The second-order valence-corrected chi connectivity index (χ2v) is 14.3. The number of halogens is 1. The highest BCUT2D eigenvalue weighted by Crippen LogP contribution is 2.34. The zero-order valence-electron chi connectivity index (χ0n) is 28.1. The molecule has 0 spiro atoms. The van der Waals surface area contributed by atoms with Crippen LogP contribution in [0.3, 0.4) is 0 Å². The van der Waals surface area contributed by atoms with Gasteiger partial charge in [0.15, 0.2) is 11.5 Å². The zero-order valence-corrected chi connectivity index (χ0v) is 28.9. The summed E-state index contributed by atoms with van der Waals surface area (Å²) < 4.78 is 55.5. The average molecular weight is 676 g/mol. The van der Waals surface area contributed by atoms with Crippen LogP contribution in [0.1, 0.15) is 37.5 Å². The van der Waals surface area contributed by atoms with E-state index in [-0.39, 0.29) is 34.9 Å². The number of ether oxygens (including phenoxy) is 2. The lowest BCUT2D eigenvalue weighted by Gasteiger charge is -2.35. The van der Waals surface area contributed by atoms with Crippen LogP contribution in [-0.2, 0) is 32.6 Å². The Morgan fingerprint density at radius 3 is 2.08 bits per heavy atom. The third kappa shape index (κ3) is 8.92. The van der Waals surface area contributed by atoms with Crippen LogP contribution in [0.4, 0.5) is 10.1 Å². The predicted molar refractivity (Wildman–Crippen MR) is 184 cm³/mol. The fourth-order valence-electron chi connectivity index (χ4n) is 5.16. The summed E-state index contributed by atoms with van der Waals surface area (Å²) in [6, 6.07) is 24.8. The van der Waals surface area contributed by atoms with E-state index in [2.05, 4.69) is 5.32 Å². The Kier molecular flexibility index (Phi) is 11.5. The van der Waals surface area contributed by atoms with Gasteiger partial charge in [-0.3, -0.25) is 13.9 Å². The normalized spacial score (nSPS) is 12.1. The van der Waals surface area contributed by atoms with Gasteiger partial charge in [0.05, 0.1) is 24.8 Å². The Morgan fingerprint density at radius 1 is 0.854 bits per heavy atom. The molecule has 0 heterocycles. The van der Waals surface area contributed by atoms with Gasteiger partial charge in [-0.05, 0) is 63.6 Å². The lowest BCUT2D eigenvalue weighted by atomic mass is 10.0. The molecule has 0 saturated heterocycles. The molecule has 9 nitrogen and oxygen atoms in total. The number of nitrogens with one attached hydrogen (secondary N) is 1. The molecule has 0 bridgehead atoms. The molecule has 0 aliphatic heterocycles. The van der Waals surface area contributed by atoms with Gasteiger partial charge in [0.25, 0.3) is 10.0 Å². The molecule has 0 saturated carbocycles. The van der Waals surface area contributed by atoms with Crippen molar-refractivity contribution >= 4 is 27.5 Å². The minimum Gasteiger partial charge on any atom is -0.493 e. The summed E-state index contributed by atoms with van der Waals surface area (Å²) in [5, 5.41) is 2.96. The number of hydrogen-bond donors (Lipinski definition) is 1. The summed E-state index contributed by atoms with van der Waals surface area (Å²) >= 11 is 0.